The van der Waals surface area contributed by atoms with Crippen LogP contribution in [0.2, 0.25) is 0 Å². The summed E-state index contributed by atoms with van der Waals surface area (Å²) in [4.78, 5) is 29.5. The smallest absolute Gasteiger partial charge is 0.251 e. The number of ether oxygens (including phenoxy) is 1. The van der Waals surface area contributed by atoms with Gasteiger partial charge in [-0.3, -0.25) is 19.4 Å². The molecule has 1 amide bonds. The largest absolute Gasteiger partial charge is 0.497 e. The number of benzene rings is 2. The van der Waals surface area contributed by atoms with Gasteiger partial charge in [-0.25, -0.2) is 0 Å². The summed E-state index contributed by atoms with van der Waals surface area (Å²) in [5.74, 6) is 0.178. The van der Waals surface area contributed by atoms with Crippen LogP contribution in [-0.4, -0.2) is 79.6 Å². The second kappa shape index (κ2) is 10.9. The Morgan fingerprint density at radius 1 is 1.00 bits per heavy atom. The molecular weight excluding hydrogens is 382 g/mol. The number of aliphatic hydroxyl groups excluding tert-OH is 1. The Hall–Kier alpha value is -2.74. The van der Waals surface area contributed by atoms with Crippen LogP contribution in [0.25, 0.3) is 0 Å². The van der Waals surface area contributed by atoms with E-state index in [1.54, 1.807) is 37.4 Å². The number of nitrogens with one attached hydrogen (secondary N) is 1. The van der Waals surface area contributed by atoms with Crippen molar-refractivity contribution < 1.29 is 19.4 Å². The predicted octanol–water partition coefficient (Wildman–Crippen LogP) is 1.42. The lowest BCUT2D eigenvalue weighted by molar-refractivity contribution is 0.0903. The molecule has 0 radical (unpaired) electrons. The lowest BCUT2D eigenvalue weighted by Gasteiger charge is -2.34. The van der Waals surface area contributed by atoms with E-state index in [1.807, 2.05) is 18.2 Å². The fourth-order valence-electron chi connectivity index (χ4n) is 3.54. The number of Topliss-reactive ketones (excluding diaryl/α,β-unsaturated/α-hetero) is 1. The first-order valence-corrected chi connectivity index (χ1v) is 10.2. The van der Waals surface area contributed by atoms with Crippen molar-refractivity contribution in [2.45, 2.75) is 6.54 Å². The Morgan fingerprint density at radius 2 is 1.70 bits per heavy atom. The third kappa shape index (κ3) is 6.13. The number of carbonyl (C=O) groups excluding carboxylic acids is 2. The Balaban J connectivity index is 1.52. The zero-order valence-electron chi connectivity index (χ0n) is 17.3. The monoisotopic (exact) mass is 411 g/mol. The van der Waals surface area contributed by atoms with E-state index in [0.29, 0.717) is 16.9 Å². The molecule has 1 saturated heterocycles. The lowest BCUT2D eigenvalue weighted by atomic mass is 10.1. The van der Waals surface area contributed by atoms with E-state index in [0.717, 1.165) is 44.8 Å². The number of rotatable bonds is 9. The highest BCUT2D eigenvalue weighted by Crippen LogP contribution is 2.13. The summed E-state index contributed by atoms with van der Waals surface area (Å²) in [7, 11) is 1.55. The fourth-order valence-corrected chi connectivity index (χ4v) is 3.54. The number of hydrogen-bond acceptors (Lipinski definition) is 6. The molecule has 0 saturated carbocycles. The van der Waals surface area contributed by atoms with E-state index in [-0.39, 0.29) is 24.8 Å². The number of nitrogens with zero attached hydrogens (tertiary/aromatic N) is 2. The molecule has 0 unspecified atom stereocenters. The van der Waals surface area contributed by atoms with Crippen molar-refractivity contribution in [2.75, 3.05) is 53.0 Å². The number of ketones is 1. The maximum absolute atomic E-state index is 12.5. The Kier molecular flexibility index (Phi) is 7.96. The molecule has 1 heterocycles. The third-order valence-electron chi connectivity index (χ3n) is 5.28. The maximum atomic E-state index is 12.5. The van der Waals surface area contributed by atoms with Gasteiger partial charge in [-0.2, -0.15) is 0 Å². The molecule has 7 heteroatoms. The van der Waals surface area contributed by atoms with E-state index in [4.69, 9.17) is 9.84 Å². The van der Waals surface area contributed by atoms with Gasteiger partial charge in [0.05, 0.1) is 20.3 Å². The van der Waals surface area contributed by atoms with E-state index in [2.05, 4.69) is 15.1 Å². The van der Waals surface area contributed by atoms with Gasteiger partial charge in [-0.15, -0.1) is 0 Å². The highest BCUT2D eigenvalue weighted by molar-refractivity contribution is 6.02. The summed E-state index contributed by atoms with van der Waals surface area (Å²) in [6, 6.07) is 14.4. The summed E-state index contributed by atoms with van der Waals surface area (Å²) in [6.45, 7) is 5.37. The van der Waals surface area contributed by atoms with Gasteiger partial charge in [0.15, 0.2) is 5.78 Å². The first-order valence-electron chi connectivity index (χ1n) is 10.2. The molecule has 2 N–H and O–H groups in total. The SMILES string of the molecule is COc1cccc(C(=O)CNC(=O)c2cccc(CN3CCN(CCO)CC3)c2)c1. The molecule has 160 valence electrons. The zero-order valence-corrected chi connectivity index (χ0v) is 17.3. The van der Waals surface area contributed by atoms with E-state index in [9.17, 15) is 9.59 Å². The summed E-state index contributed by atoms with van der Waals surface area (Å²) >= 11 is 0. The van der Waals surface area contributed by atoms with Crippen molar-refractivity contribution in [1.82, 2.24) is 15.1 Å². The minimum Gasteiger partial charge on any atom is -0.497 e. The van der Waals surface area contributed by atoms with Crippen LogP contribution >= 0.6 is 0 Å². The quantitative estimate of drug-likeness (QED) is 0.608. The third-order valence-corrected chi connectivity index (χ3v) is 5.28. The molecule has 1 aliphatic heterocycles. The van der Waals surface area contributed by atoms with Crippen LogP contribution in [0.5, 0.6) is 5.75 Å². The molecule has 0 atom stereocenters. The number of hydrogen-bond donors (Lipinski definition) is 2. The summed E-state index contributed by atoms with van der Waals surface area (Å²) < 4.78 is 5.14. The van der Waals surface area contributed by atoms with Crippen molar-refractivity contribution in [2.24, 2.45) is 0 Å². The number of aliphatic hydroxyl groups is 1. The number of β-amino-alcohol motifs (C(OH)–C–C–N with tert-alkyl or cyclic N) is 1. The number of piperazine rings is 1. The summed E-state index contributed by atoms with van der Waals surface area (Å²) in [5.41, 5.74) is 2.12. The predicted molar refractivity (Wildman–Crippen MR) is 115 cm³/mol. The van der Waals surface area contributed by atoms with Gasteiger partial charge in [0, 0.05) is 50.4 Å². The van der Waals surface area contributed by atoms with Gasteiger partial charge in [0.25, 0.3) is 5.91 Å². The van der Waals surface area contributed by atoms with Crippen LogP contribution in [0.1, 0.15) is 26.3 Å². The van der Waals surface area contributed by atoms with Crippen LogP contribution in [0.3, 0.4) is 0 Å². The van der Waals surface area contributed by atoms with Crippen LogP contribution < -0.4 is 10.1 Å². The average Bonchev–Trinajstić information content (AvgIpc) is 2.79. The molecule has 30 heavy (non-hydrogen) atoms. The van der Waals surface area contributed by atoms with Crippen molar-refractivity contribution in [3.63, 3.8) is 0 Å². The minimum atomic E-state index is -0.263. The van der Waals surface area contributed by atoms with Gasteiger partial charge in [0.1, 0.15) is 5.75 Å². The van der Waals surface area contributed by atoms with E-state index >= 15 is 0 Å². The van der Waals surface area contributed by atoms with Gasteiger partial charge in [0.2, 0.25) is 0 Å². The molecular formula is C23H29N3O4. The van der Waals surface area contributed by atoms with Crippen molar-refractivity contribution >= 4 is 11.7 Å². The van der Waals surface area contributed by atoms with Crippen molar-refractivity contribution in [3.05, 3.63) is 65.2 Å². The average molecular weight is 412 g/mol. The second-order valence-corrected chi connectivity index (χ2v) is 7.38. The molecule has 0 bridgehead atoms. The van der Waals surface area contributed by atoms with Gasteiger partial charge in [-0.1, -0.05) is 24.3 Å². The maximum Gasteiger partial charge on any atom is 0.251 e. The number of methoxy groups -OCH3 is 1. The summed E-state index contributed by atoms with van der Waals surface area (Å²) in [6.07, 6.45) is 0. The van der Waals surface area contributed by atoms with E-state index < -0.39 is 0 Å². The summed E-state index contributed by atoms with van der Waals surface area (Å²) in [5, 5.41) is 11.8. The van der Waals surface area contributed by atoms with Crippen LogP contribution in [0, 0.1) is 0 Å². The zero-order chi connectivity index (χ0) is 21.3. The van der Waals surface area contributed by atoms with Gasteiger partial charge in [-0.05, 0) is 29.8 Å². The van der Waals surface area contributed by atoms with Crippen molar-refractivity contribution in [3.8, 4) is 5.75 Å². The van der Waals surface area contributed by atoms with Crippen LogP contribution in [-0.2, 0) is 6.54 Å². The van der Waals surface area contributed by atoms with E-state index in [1.165, 1.54) is 0 Å². The first kappa shape index (κ1) is 22.0. The van der Waals surface area contributed by atoms with Crippen LogP contribution in [0.15, 0.2) is 48.5 Å². The Bertz CT molecular complexity index is 863. The molecule has 2 aromatic carbocycles. The topological polar surface area (TPSA) is 82.1 Å². The molecule has 1 aliphatic rings. The highest BCUT2D eigenvalue weighted by Gasteiger charge is 2.17. The highest BCUT2D eigenvalue weighted by atomic mass is 16.5. The molecule has 1 fully saturated rings. The van der Waals surface area contributed by atoms with Gasteiger partial charge < -0.3 is 15.2 Å². The van der Waals surface area contributed by atoms with Gasteiger partial charge >= 0.3 is 0 Å². The molecule has 0 spiro atoms. The molecule has 7 nitrogen and oxygen atoms in total. The standard InChI is InChI=1S/C23H29N3O4/c1-30-21-7-3-5-19(15-21)22(28)16-24-23(29)20-6-2-4-18(14-20)17-26-10-8-25(9-11-26)12-13-27/h2-7,14-15,27H,8-13,16-17H2,1H3,(H,24,29). The normalized spacial score (nSPS) is 15.0. The molecule has 2 aromatic rings. The second-order valence-electron chi connectivity index (χ2n) is 7.38. The molecule has 0 aromatic heterocycles. The molecule has 0 aliphatic carbocycles. The van der Waals surface area contributed by atoms with Crippen LogP contribution in [0.4, 0.5) is 0 Å². The molecule has 3 rings (SSSR count). The Labute approximate surface area is 177 Å². The first-order chi connectivity index (χ1) is 14.6. The number of amides is 1. The van der Waals surface area contributed by atoms with Crippen molar-refractivity contribution in [1.29, 1.82) is 0 Å². The fraction of sp³-hybridized carbons (Fsp3) is 0.391. The number of carbonyl (C=O) groups is 2. The lowest BCUT2D eigenvalue weighted by Crippen LogP contribution is -2.46. The minimum absolute atomic E-state index is 0.0664. The Morgan fingerprint density at radius 3 is 2.43 bits per heavy atom.